The first kappa shape index (κ1) is 21.9. The first-order chi connectivity index (χ1) is 14.6. The Kier molecular flexibility index (Phi) is 5.75. The molecule has 31 heavy (non-hydrogen) atoms. The van der Waals surface area contributed by atoms with E-state index in [1.54, 1.807) is 45.1 Å². The Morgan fingerprint density at radius 1 is 1.39 bits per heavy atom. The third-order valence-electron chi connectivity index (χ3n) is 4.78. The molecule has 1 aliphatic heterocycles. The van der Waals surface area contributed by atoms with Crippen molar-refractivity contribution in [1.29, 1.82) is 5.26 Å². The van der Waals surface area contributed by atoms with Gasteiger partial charge in [0.05, 0.1) is 19.1 Å². The van der Waals surface area contributed by atoms with Crippen molar-refractivity contribution in [2.24, 2.45) is 4.99 Å². The highest BCUT2D eigenvalue weighted by Crippen LogP contribution is 2.36. The molecule has 1 atom stereocenters. The van der Waals surface area contributed by atoms with Gasteiger partial charge in [0.2, 0.25) is 0 Å². The molecule has 0 aromatic carbocycles. The van der Waals surface area contributed by atoms with Crippen molar-refractivity contribution in [3.63, 3.8) is 0 Å². The molecule has 2 aromatic rings. The lowest BCUT2D eigenvalue weighted by Crippen LogP contribution is -2.40. The van der Waals surface area contributed by atoms with Gasteiger partial charge in [-0.25, -0.2) is 9.59 Å². The fourth-order valence-electron chi connectivity index (χ4n) is 3.40. The van der Waals surface area contributed by atoms with Gasteiger partial charge in [-0.15, -0.1) is 0 Å². The second kappa shape index (κ2) is 8.14. The van der Waals surface area contributed by atoms with Crippen LogP contribution in [0.4, 0.5) is 5.69 Å². The summed E-state index contributed by atoms with van der Waals surface area (Å²) in [4.78, 5) is 29.8. The van der Waals surface area contributed by atoms with E-state index in [1.165, 1.54) is 24.2 Å². The van der Waals surface area contributed by atoms with Crippen LogP contribution in [0.2, 0.25) is 0 Å². The summed E-state index contributed by atoms with van der Waals surface area (Å²) >= 11 is 0. The van der Waals surface area contributed by atoms with Gasteiger partial charge in [0, 0.05) is 19.2 Å². The molecule has 0 saturated heterocycles. The van der Waals surface area contributed by atoms with Crippen LogP contribution in [-0.2, 0) is 20.8 Å². The predicted molar refractivity (Wildman–Crippen MR) is 113 cm³/mol. The van der Waals surface area contributed by atoms with Crippen molar-refractivity contribution >= 4 is 23.8 Å². The molecule has 3 heterocycles. The maximum absolute atomic E-state index is 12.9. The van der Waals surface area contributed by atoms with Crippen LogP contribution in [0.15, 0.2) is 40.0 Å². The van der Waals surface area contributed by atoms with E-state index >= 15 is 0 Å². The molecule has 0 amide bonds. The molecule has 3 rings (SSSR count). The van der Waals surface area contributed by atoms with E-state index in [1.807, 2.05) is 6.07 Å². The zero-order chi connectivity index (χ0) is 22.8. The van der Waals surface area contributed by atoms with E-state index in [0.29, 0.717) is 11.5 Å². The lowest BCUT2D eigenvalue weighted by atomic mass is 9.96. The van der Waals surface area contributed by atoms with Gasteiger partial charge in [0.15, 0.2) is 17.0 Å². The number of anilines is 1. The van der Waals surface area contributed by atoms with Crippen LogP contribution < -0.4 is 5.73 Å². The second-order valence-corrected chi connectivity index (χ2v) is 8.03. The monoisotopic (exact) mass is 424 g/mol. The molecule has 1 aliphatic rings. The summed E-state index contributed by atoms with van der Waals surface area (Å²) in [5, 5.41) is 9.69. The molecular formula is C22H24N4O5. The quantitative estimate of drug-likeness (QED) is 0.704. The standard InChI is InChI=1S/C22H24N4O5/c1-21(2,3)31-20(28)22(8-6-10-25-22)9-11-26-17(15-7-5-12-30-15)14(13-23)16(24)18(26)19(27)29-4/h5-8,10,12H,9,11,24H2,1-4H3. The van der Waals surface area contributed by atoms with E-state index in [4.69, 9.17) is 19.6 Å². The van der Waals surface area contributed by atoms with Crippen molar-refractivity contribution < 1.29 is 23.5 Å². The van der Waals surface area contributed by atoms with Crippen molar-refractivity contribution in [1.82, 2.24) is 4.57 Å². The molecule has 0 bridgehead atoms. The SMILES string of the molecule is COC(=O)c1c(N)c(C#N)c(-c2ccco2)n1CCC1(C(=O)OC(C)(C)C)C=CC=N1. The van der Waals surface area contributed by atoms with Crippen LogP contribution in [0.25, 0.3) is 11.5 Å². The fourth-order valence-corrected chi connectivity index (χ4v) is 3.40. The number of rotatable bonds is 6. The minimum Gasteiger partial charge on any atom is -0.464 e. The molecule has 0 spiro atoms. The molecule has 0 aliphatic carbocycles. The topological polar surface area (TPSA) is 133 Å². The number of aromatic nitrogens is 1. The number of ether oxygens (including phenoxy) is 2. The van der Waals surface area contributed by atoms with Crippen LogP contribution in [0.1, 0.15) is 43.2 Å². The summed E-state index contributed by atoms with van der Waals surface area (Å²) in [7, 11) is 1.23. The van der Waals surface area contributed by atoms with Gasteiger partial charge in [-0.05, 0) is 45.1 Å². The van der Waals surface area contributed by atoms with Crippen LogP contribution in [-0.4, -0.2) is 41.0 Å². The average Bonchev–Trinajstić information content (AvgIpc) is 3.44. The zero-order valence-corrected chi connectivity index (χ0v) is 17.8. The van der Waals surface area contributed by atoms with Crippen molar-refractivity contribution in [2.75, 3.05) is 12.8 Å². The molecule has 0 radical (unpaired) electrons. The Bertz CT molecular complexity index is 1080. The number of nitrogens with zero attached hydrogens (tertiary/aromatic N) is 3. The summed E-state index contributed by atoms with van der Waals surface area (Å²) in [6.45, 7) is 5.44. The number of aliphatic imine (C=N–C) groups is 1. The van der Waals surface area contributed by atoms with Crippen molar-refractivity contribution in [3.05, 3.63) is 41.8 Å². The molecule has 2 N–H and O–H groups in total. The molecule has 1 unspecified atom stereocenters. The normalized spacial score (nSPS) is 17.5. The highest BCUT2D eigenvalue weighted by molar-refractivity contribution is 5.98. The summed E-state index contributed by atoms with van der Waals surface area (Å²) in [5.74, 6) is -0.858. The molecule has 0 saturated carbocycles. The number of furan rings is 1. The largest absolute Gasteiger partial charge is 0.464 e. The highest BCUT2D eigenvalue weighted by atomic mass is 16.6. The Morgan fingerprint density at radius 2 is 2.13 bits per heavy atom. The summed E-state index contributed by atoms with van der Waals surface area (Å²) < 4.78 is 17.5. The first-order valence-electron chi connectivity index (χ1n) is 9.64. The fraction of sp³-hybridized carbons (Fsp3) is 0.364. The van der Waals surface area contributed by atoms with Crippen LogP contribution in [0.5, 0.6) is 0 Å². The smallest absolute Gasteiger partial charge is 0.356 e. The molecular weight excluding hydrogens is 400 g/mol. The van der Waals surface area contributed by atoms with Gasteiger partial charge in [-0.2, -0.15) is 5.26 Å². The number of methoxy groups -OCH3 is 1. The minimum absolute atomic E-state index is 0.00995. The summed E-state index contributed by atoms with van der Waals surface area (Å²) in [6.07, 6.45) is 6.47. The van der Waals surface area contributed by atoms with Gasteiger partial charge in [-0.1, -0.05) is 0 Å². The van der Waals surface area contributed by atoms with Gasteiger partial charge in [0.1, 0.15) is 22.9 Å². The van der Waals surface area contributed by atoms with Crippen molar-refractivity contribution in [2.45, 2.75) is 44.9 Å². The number of hydrogen-bond donors (Lipinski definition) is 1. The van der Waals surface area contributed by atoms with Crippen LogP contribution in [0, 0.1) is 11.3 Å². The Morgan fingerprint density at radius 3 is 2.65 bits per heavy atom. The van der Waals surface area contributed by atoms with Crippen molar-refractivity contribution in [3.8, 4) is 17.5 Å². The number of nitriles is 1. The number of carbonyl (C=O) groups excluding carboxylic acids is 2. The molecule has 9 nitrogen and oxygen atoms in total. The Hall–Kier alpha value is -3.80. The maximum Gasteiger partial charge on any atom is 0.356 e. The number of allylic oxidation sites excluding steroid dienone is 1. The Labute approximate surface area is 179 Å². The van der Waals surface area contributed by atoms with Gasteiger partial charge in [0.25, 0.3) is 0 Å². The summed E-state index contributed by atoms with van der Waals surface area (Å²) in [5.41, 5.74) is 4.60. The number of nitrogens with two attached hydrogens (primary N) is 1. The van der Waals surface area contributed by atoms with Crippen LogP contribution in [0.3, 0.4) is 0 Å². The average molecular weight is 424 g/mol. The molecule has 2 aromatic heterocycles. The lowest BCUT2D eigenvalue weighted by molar-refractivity contribution is -0.159. The highest BCUT2D eigenvalue weighted by Gasteiger charge is 2.41. The van der Waals surface area contributed by atoms with E-state index in [2.05, 4.69) is 4.99 Å². The number of nitrogen functional groups attached to an aromatic ring is 1. The van der Waals surface area contributed by atoms with Gasteiger partial charge in [-0.3, -0.25) is 4.99 Å². The second-order valence-electron chi connectivity index (χ2n) is 8.03. The summed E-state index contributed by atoms with van der Waals surface area (Å²) in [6, 6.07) is 5.35. The van der Waals surface area contributed by atoms with E-state index in [0.717, 1.165) is 0 Å². The van der Waals surface area contributed by atoms with E-state index in [9.17, 15) is 14.9 Å². The number of carbonyl (C=O) groups is 2. The Balaban J connectivity index is 2.07. The molecule has 9 heteroatoms. The third-order valence-corrected chi connectivity index (χ3v) is 4.78. The van der Waals surface area contributed by atoms with Gasteiger partial charge >= 0.3 is 11.9 Å². The third kappa shape index (κ3) is 4.10. The number of esters is 2. The van der Waals surface area contributed by atoms with Crippen LogP contribution >= 0.6 is 0 Å². The first-order valence-corrected chi connectivity index (χ1v) is 9.64. The van der Waals surface area contributed by atoms with E-state index < -0.39 is 23.1 Å². The molecule has 0 fully saturated rings. The predicted octanol–water partition coefficient (Wildman–Crippen LogP) is 3.10. The minimum atomic E-state index is -1.26. The number of hydrogen-bond acceptors (Lipinski definition) is 8. The van der Waals surface area contributed by atoms with Gasteiger partial charge < -0.3 is 24.2 Å². The maximum atomic E-state index is 12.9. The molecule has 162 valence electrons. The zero-order valence-electron chi connectivity index (χ0n) is 17.8. The van der Waals surface area contributed by atoms with E-state index in [-0.39, 0.29) is 29.9 Å². The lowest BCUT2D eigenvalue weighted by Gasteiger charge is -2.28.